The molecule has 2 heterocycles. The van der Waals surface area contributed by atoms with Crippen molar-refractivity contribution in [1.82, 2.24) is 14.9 Å². The number of nitrogens with one attached hydrogen (secondary N) is 1. The van der Waals surface area contributed by atoms with E-state index in [4.69, 9.17) is 0 Å². The van der Waals surface area contributed by atoms with Crippen molar-refractivity contribution >= 4 is 5.78 Å². The minimum atomic E-state index is 0.0990. The van der Waals surface area contributed by atoms with E-state index in [1.807, 2.05) is 12.3 Å². The summed E-state index contributed by atoms with van der Waals surface area (Å²) in [5, 5.41) is 3.46. The van der Waals surface area contributed by atoms with Gasteiger partial charge in [0.25, 0.3) is 0 Å². The molecule has 1 aromatic heterocycles. The van der Waals surface area contributed by atoms with Crippen LogP contribution in [0.2, 0.25) is 0 Å². The summed E-state index contributed by atoms with van der Waals surface area (Å²) in [7, 11) is 0. The molecule has 1 aliphatic heterocycles. The molecule has 0 bridgehead atoms. The molecular formula is C30H47N3O. The summed E-state index contributed by atoms with van der Waals surface area (Å²) < 4.78 is 2.29. The summed E-state index contributed by atoms with van der Waals surface area (Å²) in [5.41, 5.74) is 1.26. The van der Waals surface area contributed by atoms with Crippen molar-refractivity contribution in [3.63, 3.8) is 0 Å². The van der Waals surface area contributed by atoms with E-state index in [2.05, 4.69) is 52.3 Å². The van der Waals surface area contributed by atoms with E-state index < -0.39 is 0 Å². The van der Waals surface area contributed by atoms with Crippen LogP contribution >= 0.6 is 0 Å². The fourth-order valence-electron chi connectivity index (χ4n) is 5.40. The van der Waals surface area contributed by atoms with E-state index in [1.165, 1.54) is 63.4 Å². The average molecular weight is 466 g/mol. The number of aryl methyl sites for hydroxylation is 2. The lowest BCUT2D eigenvalue weighted by atomic mass is 9.80. The summed E-state index contributed by atoms with van der Waals surface area (Å²) in [6.45, 7) is 5.13. The normalized spacial score (nSPS) is 15.4. The summed E-state index contributed by atoms with van der Waals surface area (Å²) in [4.78, 5) is 18.1. The van der Waals surface area contributed by atoms with Crippen molar-refractivity contribution in [2.45, 2.75) is 103 Å². The van der Waals surface area contributed by atoms with Crippen LogP contribution in [0.25, 0.3) is 0 Å². The highest BCUT2D eigenvalue weighted by Crippen LogP contribution is 2.27. The van der Waals surface area contributed by atoms with E-state index >= 15 is 0 Å². The van der Waals surface area contributed by atoms with Crippen molar-refractivity contribution < 1.29 is 4.79 Å². The molecule has 4 heteroatoms. The Kier molecular flexibility index (Phi) is 12.4. The first kappa shape index (κ1) is 26.7. The first-order valence-electron chi connectivity index (χ1n) is 14.0. The molecule has 1 N–H and O–H groups in total. The van der Waals surface area contributed by atoms with Gasteiger partial charge in [-0.15, -0.1) is 0 Å². The van der Waals surface area contributed by atoms with Gasteiger partial charge in [-0.3, -0.25) is 4.79 Å². The van der Waals surface area contributed by atoms with E-state index in [0.29, 0.717) is 18.1 Å². The van der Waals surface area contributed by atoms with Crippen molar-refractivity contribution in [3.8, 4) is 0 Å². The fourth-order valence-corrected chi connectivity index (χ4v) is 5.40. The van der Waals surface area contributed by atoms with Gasteiger partial charge in [0.1, 0.15) is 11.6 Å². The predicted octanol–water partition coefficient (Wildman–Crippen LogP) is 6.77. The number of imidazole rings is 1. The number of aromatic nitrogens is 2. The highest BCUT2D eigenvalue weighted by Gasteiger charge is 2.29. The third-order valence-corrected chi connectivity index (χ3v) is 7.57. The molecule has 1 unspecified atom stereocenters. The standard InChI is InChI=1S/C30H47N3O/c1-2-3-4-5-6-7-8-9-13-16-30-32-23-24-33(30)25-28(27-19-21-31-22-20-27)29(34)18-17-26-14-11-10-12-15-26/h10-12,14-15,23-24,27-28,31H,2-9,13,16-22,25H2,1H3. The molecule has 0 radical (unpaired) electrons. The van der Waals surface area contributed by atoms with E-state index in [1.54, 1.807) is 0 Å². The molecule has 1 atom stereocenters. The molecule has 0 amide bonds. The minimum Gasteiger partial charge on any atom is -0.334 e. The zero-order chi connectivity index (χ0) is 23.8. The third kappa shape index (κ3) is 9.37. The first-order chi connectivity index (χ1) is 16.8. The Morgan fingerprint density at radius 1 is 0.971 bits per heavy atom. The Morgan fingerprint density at radius 2 is 1.65 bits per heavy atom. The van der Waals surface area contributed by atoms with Gasteiger partial charge < -0.3 is 9.88 Å². The number of unbranched alkanes of at least 4 members (excludes halogenated alkanes) is 8. The second-order valence-corrected chi connectivity index (χ2v) is 10.2. The van der Waals surface area contributed by atoms with E-state index in [0.717, 1.165) is 51.1 Å². The van der Waals surface area contributed by atoms with Crippen LogP contribution in [0, 0.1) is 11.8 Å². The minimum absolute atomic E-state index is 0.0990. The van der Waals surface area contributed by atoms with Crippen LogP contribution in [0.15, 0.2) is 42.7 Å². The van der Waals surface area contributed by atoms with Crippen molar-refractivity contribution in [2.24, 2.45) is 11.8 Å². The second-order valence-electron chi connectivity index (χ2n) is 10.2. The molecule has 0 saturated carbocycles. The number of piperidine rings is 1. The van der Waals surface area contributed by atoms with Gasteiger partial charge in [-0.05, 0) is 50.3 Å². The number of hydrogen-bond acceptors (Lipinski definition) is 3. The molecule has 3 rings (SSSR count). The monoisotopic (exact) mass is 465 g/mol. The largest absolute Gasteiger partial charge is 0.334 e. The van der Waals surface area contributed by atoms with Crippen molar-refractivity contribution in [1.29, 1.82) is 0 Å². The van der Waals surface area contributed by atoms with Crippen LogP contribution in [0.5, 0.6) is 0 Å². The maximum atomic E-state index is 13.4. The van der Waals surface area contributed by atoms with Crippen LogP contribution in [0.4, 0.5) is 0 Å². The Balaban J connectivity index is 1.48. The molecule has 1 aromatic carbocycles. The van der Waals surface area contributed by atoms with Gasteiger partial charge in [-0.1, -0.05) is 88.6 Å². The zero-order valence-electron chi connectivity index (χ0n) is 21.5. The molecule has 2 aromatic rings. The van der Waals surface area contributed by atoms with E-state index in [9.17, 15) is 4.79 Å². The lowest BCUT2D eigenvalue weighted by Gasteiger charge is -2.30. The summed E-state index contributed by atoms with van der Waals surface area (Å²) in [6.07, 6.45) is 20.8. The van der Waals surface area contributed by atoms with Gasteiger partial charge in [0, 0.05) is 37.7 Å². The second kappa shape index (κ2) is 15.9. The number of carbonyl (C=O) groups excluding carboxylic acids is 1. The summed E-state index contributed by atoms with van der Waals surface area (Å²) in [5.74, 6) is 2.17. The Labute approximate surface area is 207 Å². The van der Waals surface area contributed by atoms with Crippen molar-refractivity contribution in [2.75, 3.05) is 13.1 Å². The zero-order valence-corrected chi connectivity index (χ0v) is 21.5. The van der Waals surface area contributed by atoms with Crippen LogP contribution < -0.4 is 5.32 Å². The Bertz CT molecular complexity index is 794. The molecule has 188 valence electrons. The number of hydrogen-bond donors (Lipinski definition) is 1. The molecule has 0 spiro atoms. The highest BCUT2D eigenvalue weighted by atomic mass is 16.1. The number of carbonyl (C=O) groups is 1. The van der Waals surface area contributed by atoms with Crippen LogP contribution in [0.1, 0.15) is 95.4 Å². The van der Waals surface area contributed by atoms with Gasteiger partial charge in [-0.25, -0.2) is 4.98 Å². The fraction of sp³-hybridized carbons (Fsp3) is 0.667. The molecule has 1 saturated heterocycles. The quantitative estimate of drug-likeness (QED) is 0.262. The summed E-state index contributed by atoms with van der Waals surface area (Å²) in [6, 6.07) is 10.4. The van der Waals surface area contributed by atoms with Gasteiger partial charge in [-0.2, -0.15) is 0 Å². The molecule has 34 heavy (non-hydrogen) atoms. The molecule has 4 nitrogen and oxygen atoms in total. The maximum absolute atomic E-state index is 13.4. The van der Waals surface area contributed by atoms with E-state index in [-0.39, 0.29) is 5.92 Å². The van der Waals surface area contributed by atoms with Crippen LogP contribution in [-0.4, -0.2) is 28.4 Å². The predicted molar refractivity (Wildman–Crippen MR) is 142 cm³/mol. The van der Waals surface area contributed by atoms with Crippen LogP contribution in [0.3, 0.4) is 0 Å². The average Bonchev–Trinajstić information content (AvgIpc) is 3.33. The number of nitrogens with zero attached hydrogens (tertiary/aromatic N) is 2. The van der Waals surface area contributed by atoms with Gasteiger partial charge in [0.15, 0.2) is 0 Å². The summed E-state index contributed by atoms with van der Waals surface area (Å²) >= 11 is 0. The Hall–Kier alpha value is -1.94. The first-order valence-corrected chi connectivity index (χ1v) is 14.0. The number of benzene rings is 1. The third-order valence-electron chi connectivity index (χ3n) is 7.57. The number of rotatable bonds is 17. The van der Waals surface area contributed by atoms with Gasteiger partial charge in [0.05, 0.1) is 0 Å². The SMILES string of the molecule is CCCCCCCCCCCc1nccn1CC(C(=O)CCc1ccccc1)C1CCNCC1. The number of Topliss-reactive ketones (excluding diaryl/α,β-unsaturated/α-hetero) is 1. The topological polar surface area (TPSA) is 46.9 Å². The molecule has 1 aliphatic rings. The molecular weight excluding hydrogens is 418 g/mol. The van der Waals surface area contributed by atoms with Gasteiger partial charge >= 0.3 is 0 Å². The van der Waals surface area contributed by atoms with Crippen LogP contribution in [-0.2, 0) is 24.2 Å². The smallest absolute Gasteiger partial charge is 0.138 e. The molecule has 0 aliphatic carbocycles. The van der Waals surface area contributed by atoms with Gasteiger partial charge in [0.2, 0.25) is 0 Å². The molecule has 1 fully saturated rings. The number of ketones is 1. The Morgan fingerprint density at radius 3 is 2.35 bits per heavy atom. The van der Waals surface area contributed by atoms with Crippen molar-refractivity contribution in [3.05, 3.63) is 54.1 Å². The highest BCUT2D eigenvalue weighted by molar-refractivity contribution is 5.81. The maximum Gasteiger partial charge on any atom is 0.138 e. The lowest BCUT2D eigenvalue weighted by Crippen LogP contribution is -2.37. The lowest BCUT2D eigenvalue weighted by molar-refractivity contribution is -0.125.